The van der Waals surface area contributed by atoms with Gasteiger partial charge in [0.1, 0.15) is 5.75 Å². The van der Waals surface area contributed by atoms with Crippen molar-refractivity contribution >= 4 is 29.8 Å². The van der Waals surface area contributed by atoms with Crippen LogP contribution in [-0.4, -0.2) is 33.7 Å². The Hall–Kier alpha value is -3.94. The van der Waals surface area contributed by atoms with Crippen molar-refractivity contribution in [3.63, 3.8) is 0 Å². The second-order valence-corrected chi connectivity index (χ2v) is 6.48. The molecule has 0 bridgehead atoms. The van der Waals surface area contributed by atoms with Crippen molar-refractivity contribution < 1.29 is 14.3 Å². The SMILES string of the molecule is COc1ccc(/C=C/C(=O)Nc2nc3n(n2)C(c2ccccc2)CC(=O)N3)cc1. The smallest absolute Gasteiger partial charge is 0.250 e. The number of aromatic nitrogens is 3. The summed E-state index contributed by atoms with van der Waals surface area (Å²) in [4.78, 5) is 28.5. The molecule has 2 aromatic carbocycles. The summed E-state index contributed by atoms with van der Waals surface area (Å²) in [6.45, 7) is 0. The fraction of sp³-hybridized carbons (Fsp3) is 0.143. The topological polar surface area (TPSA) is 98.1 Å². The van der Waals surface area contributed by atoms with Gasteiger partial charge < -0.3 is 4.74 Å². The van der Waals surface area contributed by atoms with Gasteiger partial charge in [-0.2, -0.15) is 4.98 Å². The third-order valence-corrected chi connectivity index (χ3v) is 4.52. The van der Waals surface area contributed by atoms with Crippen LogP contribution in [0.3, 0.4) is 0 Å². The molecule has 8 nitrogen and oxygen atoms in total. The molecule has 0 fully saturated rings. The molecular weight excluding hydrogens is 370 g/mol. The highest BCUT2D eigenvalue weighted by molar-refractivity contribution is 6.01. The van der Waals surface area contributed by atoms with E-state index in [4.69, 9.17) is 4.74 Å². The van der Waals surface area contributed by atoms with Crippen LogP contribution in [0.25, 0.3) is 6.08 Å². The maximum atomic E-state index is 12.2. The molecule has 0 aliphatic carbocycles. The molecule has 0 spiro atoms. The summed E-state index contributed by atoms with van der Waals surface area (Å²) in [6, 6.07) is 16.6. The van der Waals surface area contributed by atoms with Crippen LogP contribution in [0.5, 0.6) is 5.75 Å². The lowest BCUT2D eigenvalue weighted by Gasteiger charge is -2.23. The summed E-state index contributed by atoms with van der Waals surface area (Å²) < 4.78 is 6.73. The summed E-state index contributed by atoms with van der Waals surface area (Å²) in [5.41, 5.74) is 1.81. The lowest BCUT2D eigenvalue weighted by molar-refractivity contribution is -0.117. The largest absolute Gasteiger partial charge is 0.497 e. The van der Waals surface area contributed by atoms with Gasteiger partial charge in [0.15, 0.2) is 0 Å². The molecule has 1 aliphatic rings. The predicted molar refractivity (Wildman–Crippen MR) is 109 cm³/mol. The van der Waals surface area contributed by atoms with Crippen LogP contribution in [-0.2, 0) is 9.59 Å². The number of carbonyl (C=O) groups is 2. The van der Waals surface area contributed by atoms with Crippen molar-refractivity contribution in [2.45, 2.75) is 12.5 Å². The Kier molecular flexibility index (Phi) is 5.07. The standard InChI is InChI=1S/C21H19N5O3/c1-29-16-10-7-14(8-11-16)9-12-18(27)22-20-24-21-23-19(28)13-17(26(21)25-20)15-5-3-2-4-6-15/h2-12,17H,13H2,1H3,(H2,22,23,24,25,27,28)/b12-9+. The zero-order valence-electron chi connectivity index (χ0n) is 15.7. The minimum absolute atomic E-state index is 0.132. The zero-order chi connectivity index (χ0) is 20.2. The van der Waals surface area contributed by atoms with Crippen LogP contribution in [0.15, 0.2) is 60.7 Å². The van der Waals surface area contributed by atoms with Crippen LogP contribution in [0, 0.1) is 0 Å². The Bertz CT molecular complexity index is 1060. The van der Waals surface area contributed by atoms with E-state index < -0.39 is 0 Å². The van der Waals surface area contributed by atoms with Crippen LogP contribution < -0.4 is 15.4 Å². The van der Waals surface area contributed by atoms with E-state index in [9.17, 15) is 9.59 Å². The number of nitrogens with one attached hydrogen (secondary N) is 2. The van der Waals surface area contributed by atoms with E-state index in [1.165, 1.54) is 6.08 Å². The van der Waals surface area contributed by atoms with E-state index >= 15 is 0 Å². The number of hydrogen-bond acceptors (Lipinski definition) is 5. The number of hydrogen-bond donors (Lipinski definition) is 2. The number of nitrogens with zero attached hydrogens (tertiary/aromatic N) is 3. The molecule has 4 rings (SSSR count). The van der Waals surface area contributed by atoms with Gasteiger partial charge in [0.25, 0.3) is 11.9 Å². The Morgan fingerprint density at radius 2 is 1.97 bits per heavy atom. The number of methoxy groups -OCH3 is 1. The third-order valence-electron chi connectivity index (χ3n) is 4.52. The molecular formula is C21H19N5O3. The summed E-state index contributed by atoms with van der Waals surface area (Å²) in [7, 11) is 1.60. The van der Waals surface area contributed by atoms with Gasteiger partial charge in [-0.3, -0.25) is 20.2 Å². The fourth-order valence-corrected chi connectivity index (χ4v) is 3.09. The van der Waals surface area contributed by atoms with Crippen LogP contribution in [0.2, 0.25) is 0 Å². The number of carbonyl (C=O) groups excluding carboxylic acids is 2. The lowest BCUT2D eigenvalue weighted by atomic mass is 10.0. The molecule has 2 heterocycles. The molecule has 2 amide bonds. The van der Waals surface area contributed by atoms with E-state index in [-0.39, 0.29) is 30.2 Å². The zero-order valence-corrected chi connectivity index (χ0v) is 15.7. The van der Waals surface area contributed by atoms with Gasteiger partial charge in [-0.05, 0) is 29.3 Å². The number of benzene rings is 2. The molecule has 1 aromatic heterocycles. The first-order chi connectivity index (χ1) is 14.1. The van der Waals surface area contributed by atoms with E-state index in [1.807, 2.05) is 54.6 Å². The van der Waals surface area contributed by atoms with Gasteiger partial charge in [0.2, 0.25) is 11.9 Å². The molecule has 29 heavy (non-hydrogen) atoms. The van der Waals surface area contributed by atoms with Crippen molar-refractivity contribution in [1.82, 2.24) is 14.8 Å². The molecule has 0 saturated heterocycles. The summed E-state index contributed by atoms with van der Waals surface area (Å²) in [5.74, 6) is 0.675. The minimum atomic E-state index is -0.369. The van der Waals surface area contributed by atoms with Gasteiger partial charge in [-0.25, -0.2) is 4.68 Å². The van der Waals surface area contributed by atoms with E-state index in [1.54, 1.807) is 17.9 Å². The molecule has 0 radical (unpaired) electrons. The van der Waals surface area contributed by atoms with Gasteiger partial charge in [-0.15, -0.1) is 5.10 Å². The maximum Gasteiger partial charge on any atom is 0.250 e. The first-order valence-corrected chi connectivity index (χ1v) is 9.07. The van der Waals surface area contributed by atoms with Gasteiger partial charge in [0, 0.05) is 6.08 Å². The van der Waals surface area contributed by atoms with Gasteiger partial charge in [-0.1, -0.05) is 42.5 Å². The minimum Gasteiger partial charge on any atom is -0.497 e. The first-order valence-electron chi connectivity index (χ1n) is 9.07. The first kappa shape index (κ1) is 18.4. The molecule has 1 unspecified atom stereocenters. The maximum absolute atomic E-state index is 12.2. The normalized spacial score (nSPS) is 15.6. The van der Waals surface area contributed by atoms with E-state index in [0.29, 0.717) is 5.95 Å². The molecule has 8 heteroatoms. The molecule has 1 aliphatic heterocycles. The Morgan fingerprint density at radius 3 is 2.69 bits per heavy atom. The highest BCUT2D eigenvalue weighted by Gasteiger charge is 2.29. The quantitative estimate of drug-likeness (QED) is 0.654. The van der Waals surface area contributed by atoms with Crippen LogP contribution >= 0.6 is 0 Å². The second-order valence-electron chi connectivity index (χ2n) is 6.48. The molecule has 2 N–H and O–H groups in total. The van der Waals surface area contributed by atoms with Crippen LogP contribution in [0.1, 0.15) is 23.6 Å². The predicted octanol–water partition coefficient (Wildman–Crippen LogP) is 2.87. The average molecular weight is 389 g/mol. The second kappa shape index (κ2) is 7.97. The summed E-state index contributed by atoms with van der Waals surface area (Å²) in [5, 5.41) is 9.69. The molecule has 0 saturated carbocycles. The average Bonchev–Trinajstić information content (AvgIpc) is 3.14. The van der Waals surface area contributed by atoms with E-state index in [2.05, 4.69) is 20.7 Å². The molecule has 1 atom stereocenters. The Labute approximate surface area is 167 Å². The van der Waals surface area contributed by atoms with Gasteiger partial charge >= 0.3 is 0 Å². The summed E-state index contributed by atoms with van der Waals surface area (Å²) >= 11 is 0. The number of amides is 2. The molecule has 146 valence electrons. The highest BCUT2D eigenvalue weighted by Crippen LogP contribution is 2.29. The van der Waals surface area contributed by atoms with Gasteiger partial charge in [0.05, 0.1) is 19.6 Å². The summed E-state index contributed by atoms with van der Waals surface area (Å²) in [6.07, 6.45) is 3.33. The monoisotopic (exact) mass is 389 g/mol. The van der Waals surface area contributed by atoms with Crippen molar-refractivity contribution in [3.8, 4) is 5.75 Å². The Morgan fingerprint density at radius 1 is 1.21 bits per heavy atom. The Balaban J connectivity index is 1.49. The van der Waals surface area contributed by atoms with Crippen molar-refractivity contribution in [2.24, 2.45) is 0 Å². The third kappa shape index (κ3) is 4.16. The fourth-order valence-electron chi connectivity index (χ4n) is 3.09. The van der Waals surface area contributed by atoms with Crippen molar-refractivity contribution in [3.05, 3.63) is 71.8 Å². The number of anilines is 2. The van der Waals surface area contributed by atoms with E-state index in [0.717, 1.165) is 16.9 Å². The number of ether oxygens (including phenoxy) is 1. The van der Waals surface area contributed by atoms with Crippen molar-refractivity contribution in [2.75, 3.05) is 17.7 Å². The number of rotatable bonds is 5. The van der Waals surface area contributed by atoms with Crippen molar-refractivity contribution in [1.29, 1.82) is 0 Å². The molecule has 3 aromatic rings. The highest BCUT2D eigenvalue weighted by atomic mass is 16.5. The number of fused-ring (bicyclic) bond motifs is 1. The van der Waals surface area contributed by atoms with Crippen LogP contribution in [0.4, 0.5) is 11.9 Å². The lowest BCUT2D eigenvalue weighted by Crippen LogP contribution is -2.29.